The lowest BCUT2D eigenvalue weighted by Gasteiger charge is -2.18. The van der Waals surface area contributed by atoms with Gasteiger partial charge in [0.25, 0.3) is 5.91 Å². The van der Waals surface area contributed by atoms with Crippen molar-refractivity contribution in [3.05, 3.63) is 33.4 Å². The highest BCUT2D eigenvalue weighted by atomic mass is 127. The van der Waals surface area contributed by atoms with E-state index in [9.17, 15) is 4.79 Å². The van der Waals surface area contributed by atoms with Gasteiger partial charge in [-0.1, -0.05) is 12.1 Å². The van der Waals surface area contributed by atoms with Crippen LogP contribution in [0.25, 0.3) is 0 Å². The molecule has 2 atom stereocenters. The first-order valence-corrected chi connectivity index (χ1v) is 6.59. The van der Waals surface area contributed by atoms with E-state index in [1.807, 2.05) is 24.3 Å². The van der Waals surface area contributed by atoms with Crippen LogP contribution < -0.4 is 10.6 Å². The van der Waals surface area contributed by atoms with Gasteiger partial charge in [0, 0.05) is 23.8 Å². The minimum absolute atomic E-state index is 0.0363. The van der Waals surface area contributed by atoms with Crippen molar-refractivity contribution in [3.8, 4) is 0 Å². The van der Waals surface area contributed by atoms with Crippen LogP contribution in [0.4, 0.5) is 0 Å². The molecule has 1 saturated heterocycles. The molecule has 2 N–H and O–H groups in total. The Kier molecular flexibility index (Phi) is 4.36. The Labute approximate surface area is 114 Å². The third kappa shape index (κ3) is 2.97. The van der Waals surface area contributed by atoms with E-state index >= 15 is 0 Å². The van der Waals surface area contributed by atoms with Gasteiger partial charge >= 0.3 is 0 Å². The van der Waals surface area contributed by atoms with Crippen LogP contribution in [0.2, 0.25) is 0 Å². The normalized spacial score (nSPS) is 23.6. The maximum absolute atomic E-state index is 12.1. The van der Waals surface area contributed by atoms with E-state index in [0.717, 1.165) is 22.2 Å². The van der Waals surface area contributed by atoms with Crippen LogP contribution in [0.15, 0.2) is 24.3 Å². The van der Waals surface area contributed by atoms with E-state index in [4.69, 9.17) is 4.74 Å². The van der Waals surface area contributed by atoms with Crippen LogP contribution in [0.5, 0.6) is 0 Å². The number of amides is 1. The molecule has 0 aromatic heterocycles. The molecule has 1 aromatic carbocycles. The van der Waals surface area contributed by atoms with Gasteiger partial charge in [0.1, 0.15) is 0 Å². The first kappa shape index (κ1) is 12.8. The number of methoxy groups -OCH3 is 1. The fourth-order valence-corrected chi connectivity index (χ4v) is 2.57. The Morgan fingerprint density at radius 2 is 2.24 bits per heavy atom. The highest BCUT2D eigenvalue weighted by molar-refractivity contribution is 14.1. The van der Waals surface area contributed by atoms with Gasteiger partial charge in [-0.2, -0.15) is 0 Å². The number of ether oxygens (including phenoxy) is 1. The zero-order chi connectivity index (χ0) is 12.3. The van der Waals surface area contributed by atoms with Crippen molar-refractivity contribution in [2.45, 2.75) is 12.1 Å². The second-order valence-corrected chi connectivity index (χ2v) is 5.15. The number of benzene rings is 1. The van der Waals surface area contributed by atoms with Crippen LogP contribution >= 0.6 is 22.6 Å². The fraction of sp³-hybridized carbons (Fsp3) is 0.417. The summed E-state index contributed by atoms with van der Waals surface area (Å²) >= 11 is 2.17. The second kappa shape index (κ2) is 5.79. The highest BCUT2D eigenvalue weighted by Crippen LogP contribution is 2.12. The average Bonchev–Trinajstić information content (AvgIpc) is 2.76. The summed E-state index contributed by atoms with van der Waals surface area (Å²) in [5.74, 6) is -0.0363. The van der Waals surface area contributed by atoms with Gasteiger partial charge in [0.2, 0.25) is 0 Å². The summed E-state index contributed by atoms with van der Waals surface area (Å²) in [5, 5.41) is 6.21. The molecule has 1 unspecified atom stereocenters. The monoisotopic (exact) mass is 346 g/mol. The fourth-order valence-electron chi connectivity index (χ4n) is 1.94. The van der Waals surface area contributed by atoms with Gasteiger partial charge in [-0.25, -0.2) is 0 Å². The Morgan fingerprint density at radius 3 is 2.94 bits per heavy atom. The Balaban J connectivity index is 2.04. The maximum atomic E-state index is 12.1. The van der Waals surface area contributed by atoms with E-state index in [-0.39, 0.29) is 18.1 Å². The molecule has 1 aliphatic heterocycles. The SMILES string of the molecule is CO[C@H]1CNCC1NC(=O)c1ccccc1I. The lowest BCUT2D eigenvalue weighted by Crippen LogP contribution is -2.43. The molecule has 1 aliphatic rings. The summed E-state index contributed by atoms with van der Waals surface area (Å²) in [6, 6.07) is 7.60. The molecule has 1 fully saturated rings. The standard InChI is InChI=1S/C12H15IN2O2/c1-17-11-7-14-6-10(11)15-12(16)8-4-2-3-5-9(8)13/h2-5,10-11,14H,6-7H2,1H3,(H,15,16)/t10?,11-/m0/s1. The molecule has 1 amide bonds. The van der Waals surface area contributed by atoms with Crippen molar-refractivity contribution < 1.29 is 9.53 Å². The van der Waals surface area contributed by atoms with Gasteiger partial charge in [0.05, 0.1) is 17.7 Å². The predicted molar refractivity (Wildman–Crippen MR) is 74.1 cm³/mol. The molecule has 17 heavy (non-hydrogen) atoms. The number of rotatable bonds is 3. The van der Waals surface area contributed by atoms with Crippen molar-refractivity contribution >= 4 is 28.5 Å². The van der Waals surface area contributed by atoms with E-state index in [0.29, 0.717) is 0 Å². The van der Waals surface area contributed by atoms with E-state index < -0.39 is 0 Å². The number of halogens is 1. The summed E-state index contributed by atoms with van der Waals surface area (Å²) < 4.78 is 6.27. The Hall–Kier alpha value is -0.660. The average molecular weight is 346 g/mol. The number of hydrogen-bond donors (Lipinski definition) is 2. The molecule has 5 heteroatoms. The molecule has 0 aliphatic carbocycles. The third-order valence-corrected chi connectivity index (χ3v) is 3.84. The summed E-state index contributed by atoms with van der Waals surface area (Å²) in [4.78, 5) is 12.1. The lowest BCUT2D eigenvalue weighted by atomic mass is 10.1. The second-order valence-electron chi connectivity index (χ2n) is 3.99. The molecular weight excluding hydrogens is 331 g/mol. The zero-order valence-corrected chi connectivity index (χ0v) is 11.7. The van der Waals surface area contributed by atoms with Crippen molar-refractivity contribution in [2.24, 2.45) is 0 Å². The minimum atomic E-state index is -0.0363. The van der Waals surface area contributed by atoms with Crippen LogP contribution in [0.1, 0.15) is 10.4 Å². The van der Waals surface area contributed by atoms with E-state index in [2.05, 4.69) is 33.2 Å². The molecule has 1 aromatic rings. The van der Waals surface area contributed by atoms with Crippen molar-refractivity contribution in [1.82, 2.24) is 10.6 Å². The highest BCUT2D eigenvalue weighted by Gasteiger charge is 2.28. The predicted octanol–water partition coefficient (Wildman–Crippen LogP) is 1.01. The van der Waals surface area contributed by atoms with Crippen molar-refractivity contribution in [3.63, 3.8) is 0 Å². The molecule has 0 spiro atoms. The Morgan fingerprint density at radius 1 is 1.47 bits per heavy atom. The summed E-state index contributed by atoms with van der Waals surface area (Å²) in [7, 11) is 1.67. The quantitative estimate of drug-likeness (QED) is 0.804. The number of hydrogen-bond acceptors (Lipinski definition) is 3. The molecule has 2 rings (SSSR count). The van der Waals surface area contributed by atoms with Crippen molar-refractivity contribution in [1.29, 1.82) is 0 Å². The van der Waals surface area contributed by atoms with Gasteiger partial charge < -0.3 is 15.4 Å². The van der Waals surface area contributed by atoms with Crippen LogP contribution in [0, 0.1) is 3.57 Å². The number of carbonyl (C=O) groups is 1. The molecule has 4 nitrogen and oxygen atoms in total. The summed E-state index contributed by atoms with van der Waals surface area (Å²) in [5.41, 5.74) is 0.717. The smallest absolute Gasteiger partial charge is 0.252 e. The summed E-state index contributed by atoms with van der Waals surface area (Å²) in [6.07, 6.45) is 0.0559. The topological polar surface area (TPSA) is 50.4 Å². The largest absolute Gasteiger partial charge is 0.378 e. The van der Waals surface area contributed by atoms with Gasteiger partial charge in [0.15, 0.2) is 0 Å². The first-order chi connectivity index (χ1) is 8.22. The van der Waals surface area contributed by atoms with Gasteiger partial charge in [-0.15, -0.1) is 0 Å². The van der Waals surface area contributed by atoms with Gasteiger partial charge in [-0.05, 0) is 34.7 Å². The number of nitrogens with one attached hydrogen (secondary N) is 2. The minimum Gasteiger partial charge on any atom is -0.378 e. The van der Waals surface area contributed by atoms with E-state index in [1.165, 1.54) is 0 Å². The molecule has 0 saturated carbocycles. The van der Waals surface area contributed by atoms with E-state index in [1.54, 1.807) is 7.11 Å². The molecule has 0 radical (unpaired) electrons. The first-order valence-electron chi connectivity index (χ1n) is 5.51. The third-order valence-electron chi connectivity index (χ3n) is 2.90. The van der Waals surface area contributed by atoms with Crippen LogP contribution in [-0.4, -0.2) is 38.3 Å². The van der Waals surface area contributed by atoms with Crippen molar-refractivity contribution in [2.75, 3.05) is 20.2 Å². The van der Waals surface area contributed by atoms with Gasteiger partial charge in [-0.3, -0.25) is 4.79 Å². The summed E-state index contributed by atoms with van der Waals surface area (Å²) in [6.45, 7) is 1.54. The molecular formula is C12H15IN2O2. The molecule has 0 bridgehead atoms. The lowest BCUT2D eigenvalue weighted by molar-refractivity contribution is 0.0779. The maximum Gasteiger partial charge on any atom is 0.252 e. The zero-order valence-electron chi connectivity index (χ0n) is 9.57. The van der Waals surface area contributed by atoms with Crippen LogP contribution in [0.3, 0.4) is 0 Å². The van der Waals surface area contributed by atoms with Crippen LogP contribution in [-0.2, 0) is 4.74 Å². The molecule has 92 valence electrons. The number of carbonyl (C=O) groups excluding carboxylic acids is 1. The molecule has 1 heterocycles. The Bertz CT molecular complexity index is 411.